The number of aliphatic hydroxyl groups is 1. The van der Waals surface area contributed by atoms with Crippen molar-refractivity contribution in [2.75, 3.05) is 0 Å². The van der Waals surface area contributed by atoms with Crippen LogP contribution >= 0.6 is 0 Å². The second kappa shape index (κ2) is 8.23. The summed E-state index contributed by atoms with van der Waals surface area (Å²) in [4.78, 5) is 20.3. The highest BCUT2D eigenvalue weighted by Crippen LogP contribution is 2.10. The molecule has 2 atom stereocenters. The van der Waals surface area contributed by atoms with E-state index in [0.29, 0.717) is 5.56 Å². The zero-order chi connectivity index (χ0) is 15.0. The van der Waals surface area contributed by atoms with Gasteiger partial charge in [0, 0.05) is 0 Å². The minimum absolute atomic E-state index is 0.0208. The van der Waals surface area contributed by atoms with Gasteiger partial charge in [0.25, 0.3) is 0 Å². The number of hydrogen-bond donors (Lipinski definition) is 4. The van der Waals surface area contributed by atoms with Crippen molar-refractivity contribution in [3.63, 3.8) is 0 Å². The quantitative estimate of drug-likeness (QED) is 0.643. The maximum Gasteiger partial charge on any atom is 0.337 e. The fraction of sp³-hybridized carbons (Fsp3) is 0.385. The van der Waals surface area contributed by atoms with Gasteiger partial charge in [-0.3, -0.25) is 4.79 Å². The van der Waals surface area contributed by atoms with Crippen molar-refractivity contribution in [1.82, 2.24) is 0 Å². The molecule has 106 valence electrons. The van der Waals surface area contributed by atoms with E-state index in [1.54, 1.807) is 44.2 Å². The van der Waals surface area contributed by atoms with E-state index in [4.69, 9.17) is 21.1 Å². The van der Waals surface area contributed by atoms with Gasteiger partial charge in [-0.25, -0.2) is 4.79 Å². The first kappa shape index (κ1) is 17.1. The standard InChI is InChI=1S/C8H8O3.C5H11NO2/c9-7(8(10)11)6-4-2-1-3-5-6;1-3(2)4(6)5(7)8/h1-5,7,9H,(H,10,11);3-4H,6H2,1-2H3,(H,7,8)/t;4-/m.0/s1. The molecule has 6 heteroatoms. The maximum atomic E-state index is 10.2. The van der Waals surface area contributed by atoms with Gasteiger partial charge < -0.3 is 21.1 Å². The molecule has 5 N–H and O–H groups in total. The first-order valence-corrected chi connectivity index (χ1v) is 5.71. The zero-order valence-electron chi connectivity index (χ0n) is 10.9. The molecule has 0 amide bonds. The molecule has 0 bridgehead atoms. The molecule has 0 saturated heterocycles. The Morgan fingerprint density at radius 2 is 1.53 bits per heavy atom. The summed E-state index contributed by atoms with van der Waals surface area (Å²) in [5, 5.41) is 25.6. The van der Waals surface area contributed by atoms with Crippen molar-refractivity contribution in [2.45, 2.75) is 26.0 Å². The first-order valence-electron chi connectivity index (χ1n) is 5.71. The van der Waals surface area contributed by atoms with Gasteiger partial charge in [-0.2, -0.15) is 0 Å². The van der Waals surface area contributed by atoms with E-state index in [1.165, 1.54) is 0 Å². The Kier molecular flexibility index (Phi) is 7.40. The van der Waals surface area contributed by atoms with E-state index in [9.17, 15) is 9.59 Å². The lowest BCUT2D eigenvalue weighted by molar-refractivity contribution is -0.147. The maximum absolute atomic E-state index is 10.2. The number of carboxylic acids is 2. The lowest BCUT2D eigenvalue weighted by Crippen LogP contribution is -2.34. The van der Waals surface area contributed by atoms with E-state index < -0.39 is 24.1 Å². The summed E-state index contributed by atoms with van der Waals surface area (Å²) in [6.07, 6.45) is -1.41. The van der Waals surface area contributed by atoms with Gasteiger partial charge in [-0.15, -0.1) is 0 Å². The number of aliphatic carboxylic acids is 2. The molecule has 0 aliphatic heterocycles. The van der Waals surface area contributed by atoms with Crippen LogP contribution in [-0.4, -0.2) is 33.3 Å². The summed E-state index contributed by atoms with van der Waals surface area (Å²) in [5.41, 5.74) is 5.56. The fourth-order valence-corrected chi connectivity index (χ4v) is 1.06. The van der Waals surface area contributed by atoms with Crippen molar-refractivity contribution < 1.29 is 24.9 Å². The van der Waals surface area contributed by atoms with Gasteiger partial charge in [0.15, 0.2) is 6.10 Å². The molecule has 0 fully saturated rings. The fourth-order valence-electron chi connectivity index (χ4n) is 1.06. The molecule has 1 aromatic rings. The Morgan fingerprint density at radius 3 is 1.79 bits per heavy atom. The predicted octanol–water partition coefficient (Wildman–Crippen LogP) is 0.859. The average Bonchev–Trinajstić information content (AvgIpc) is 2.38. The molecule has 1 rings (SSSR count). The van der Waals surface area contributed by atoms with E-state index in [0.717, 1.165) is 0 Å². The zero-order valence-corrected chi connectivity index (χ0v) is 10.9. The van der Waals surface area contributed by atoms with Crippen LogP contribution in [-0.2, 0) is 9.59 Å². The summed E-state index contributed by atoms with van der Waals surface area (Å²) >= 11 is 0. The monoisotopic (exact) mass is 269 g/mol. The molecule has 19 heavy (non-hydrogen) atoms. The van der Waals surface area contributed by atoms with Gasteiger partial charge in [0.05, 0.1) is 0 Å². The van der Waals surface area contributed by atoms with Crippen molar-refractivity contribution >= 4 is 11.9 Å². The molecule has 0 aliphatic rings. The predicted molar refractivity (Wildman–Crippen MR) is 69.5 cm³/mol. The van der Waals surface area contributed by atoms with Crippen LogP contribution in [0, 0.1) is 5.92 Å². The van der Waals surface area contributed by atoms with Crippen LogP contribution in [0.15, 0.2) is 30.3 Å². The second-order valence-corrected chi connectivity index (χ2v) is 4.26. The highest BCUT2D eigenvalue weighted by molar-refractivity contribution is 5.74. The molecule has 1 unspecified atom stereocenters. The van der Waals surface area contributed by atoms with Crippen LogP contribution in [0.25, 0.3) is 0 Å². The van der Waals surface area contributed by atoms with Crippen molar-refractivity contribution in [3.05, 3.63) is 35.9 Å². The average molecular weight is 269 g/mol. The molecule has 1 aromatic carbocycles. The molecule has 0 aromatic heterocycles. The Hall–Kier alpha value is -1.92. The van der Waals surface area contributed by atoms with Crippen LogP contribution in [0.3, 0.4) is 0 Å². The van der Waals surface area contributed by atoms with Gasteiger partial charge >= 0.3 is 11.9 Å². The molecular formula is C13H19NO5. The summed E-state index contributed by atoms with van der Waals surface area (Å²) < 4.78 is 0. The Balaban J connectivity index is 0.000000362. The molecule has 0 heterocycles. The minimum Gasteiger partial charge on any atom is -0.480 e. The van der Waals surface area contributed by atoms with Gasteiger partial charge in [-0.1, -0.05) is 44.2 Å². The van der Waals surface area contributed by atoms with Gasteiger partial charge in [-0.05, 0) is 11.5 Å². The molecule has 0 aliphatic carbocycles. The number of rotatable bonds is 4. The lowest BCUT2D eigenvalue weighted by Gasteiger charge is -2.07. The van der Waals surface area contributed by atoms with E-state index in [2.05, 4.69) is 0 Å². The summed E-state index contributed by atoms with van der Waals surface area (Å²) in [6.45, 7) is 3.55. The van der Waals surface area contributed by atoms with E-state index in [-0.39, 0.29) is 5.92 Å². The highest BCUT2D eigenvalue weighted by Gasteiger charge is 2.14. The SMILES string of the molecule is CC(C)[C@H](N)C(=O)O.O=C(O)C(O)c1ccccc1. The summed E-state index contributed by atoms with van der Waals surface area (Å²) in [6, 6.07) is 7.55. The number of aliphatic hydroxyl groups excluding tert-OH is 1. The lowest BCUT2D eigenvalue weighted by atomic mass is 10.1. The van der Waals surface area contributed by atoms with Crippen LogP contribution < -0.4 is 5.73 Å². The van der Waals surface area contributed by atoms with Crippen molar-refractivity contribution in [3.8, 4) is 0 Å². The number of benzene rings is 1. The number of hydrogen-bond acceptors (Lipinski definition) is 4. The van der Waals surface area contributed by atoms with Crippen LogP contribution in [0.1, 0.15) is 25.5 Å². The third-order valence-corrected chi connectivity index (χ3v) is 2.35. The van der Waals surface area contributed by atoms with Gasteiger partial charge in [0.2, 0.25) is 0 Å². The van der Waals surface area contributed by atoms with E-state index >= 15 is 0 Å². The molecule has 0 saturated carbocycles. The summed E-state index contributed by atoms with van der Waals surface area (Å²) in [5.74, 6) is -2.14. The minimum atomic E-state index is -1.41. The largest absolute Gasteiger partial charge is 0.480 e. The Morgan fingerprint density at radius 1 is 1.05 bits per heavy atom. The number of carbonyl (C=O) groups is 2. The Bertz CT molecular complexity index is 405. The van der Waals surface area contributed by atoms with E-state index in [1.807, 2.05) is 0 Å². The van der Waals surface area contributed by atoms with Gasteiger partial charge in [0.1, 0.15) is 6.04 Å². The third kappa shape index (κ3) is 6.54. The van der Waals surface area contributed by atoms with Crippen molar-refractivity contribution in [1.29, 1.82) is 0 Å². The van der Waals surface area contributed by atoms with Crippen LogP contribution in [0.5, 0.6) is 0 Å². The van der Waals surface area contributed by atoms with Crippen LogP contribution in [0.4, 0.5) is 0 Å². The topological polar surface area (TPSA) is 121 Å². The van der Waals surface area contributed by atoms with Crippen LogP contribution in [0.2, 0.25) is 0 Å². The first-order chi connectivity index (χ1) is 8.77. The normalized spacial score (nSPS) is 13.1. The molecule has 0 spiro atoms. The number of carboxylic acid groups (broad SMARTS) is 2. The molecule has 0 radical (unpaired) electrons. The second-order valence-electron chi connectivity index (χ2n) is 4.26. The Labute approximate surface area is 111 Å². The summed E-state index contributed by atoms with van der Waals surface area (Å²) in [7, 11) is 0. The van der Waals surface area contributed by atoms with Crippen molar-refractivity contribution in [2.24, 2.45) is 11.7 Å². The highest BCUT2D eigenvalue weighted by atomic mass is 16.4. The smallest absolute Gasteiger partial charge is 0.337 e. The molecule has 6 nitrogen and oxygen atoms in total. The number of nitrogens with two attached hydrogens (primary N) is 1. The third-order valence-electron chi connectivity index (χ3n) is 2.35. The molecular weight excluding hydrogens is 250 g/mol.